The van der Waals surface area contributed by atoms with E-state index in [0.29, 0.717) is 38.7 Å². The van der Waals surface area contributed by atoms with Gasteiger partial charge in [0, 0.05) is 38.1 Å². The number of morpholine rings is 1. The molecule has 0 atom stereocenters. The molecule has 0 spiro atoms. The van der Waals surface area contributed by atoms with Crippen LogP contribution >= 0.6 is 0 Å². The summed E-state index contributed by atoms with van der Waals surface area (Å²) in [4.78, 5) is 26.4. The lowest BCUT2D eigenvalue weighted by Crippen LogP contribution is -2.42. The Bertz CT molecular complexity index is 1030. The molecule has 0 bridgehead atoms. The van der Waals surface area contributed by atoms with Crippen molar-refractivity contribution < 1.29 is 14.3 Å². The first kappa shape index (κ1) is 21.6. The zero-order chi connectivity index (χ0) is 22.2. The van der Waals surface area contributed by atoms with Gasteiger partial charge < -0.3 is 15.0 Å². The summed E-state index contributed by atoms with van der Waals surface area (Å²) in [6.07, 6.45) is 4.27. The zero-order valence-electron chi connectivity index (χ0n) is 17.8. The van der Waals surface area contributed by atoms with Crippen molar-refractivity contribution in [2.45, 2.75) is 26.1 Å². The number of carbonyl (C=O) groups is 2. The molecule has 10 heteroatoms. The Morgan fingerprint density at radius 1 is 1.06 bits per heavy atom. The minimum Gasteiger partial charge on any atom is -0.378 e. The molecular weight excluding hydrogens is 410 g/mol. The molecule has 4 rings (SSSR count). The van der Waals surface area contributed by atoms with Crippen molar-refractivity contribution in [3.8, 4) is 0 Å². The summed E-state index contributed by atoms with van der Waals surface area (Å²) in [6.45, 7) is 3.51. The van der Waals surface area contributed by atoms with E-state index in [1.165, 1.54) is 10.2 Å². The summed E-state index contributed by atoms with van der Waals surface area (Å²) in [6, 6.07) is 13.4. The van der Waals surface area contributed by atoms with Crippen LogP contribution < -0.4 is 10.6 Å². The third-order valence-corrected chi connectivity index (χ3v) is 5.23. The fraction of sp³-hybridized carbons (Fsp3) is 0.364. The first-order valence-electron chi connectivity index (χ1n) is 10.7. The summed E-state index contributed by atoms with van der Waals surface area (Å²) >= 11 is 0. The number of aryl methyl sites for hydroxylation is 2. The van der Waals surface area contributed by atoms with Crippen LogP contribution in [0.15, 0.2) is 54.9 Å². The molecule has 32 heavy (non-hydrogen) atoms. The highest BCUT2D eigenvalue weighted by molar-refractivity contribution is 5.88. The predicted octanol–water partition coefficient (Wildman–Crippen LogP) is 1.50. The summed E-state index contributed by atoms with van der Waals surface area (Å²) in [5.74, 6) is 0.367. The highest BCUT2D eigenvalue weighted by atomic mass is 16.5. The van der Waals surface area contributed by atoms with Crippen molar-refractivity contribution >= 4 is 17.8 Å². The zero-order valence-corrected chi connectivity index (χ0v) is 17.8. The number of benzene rings is 1. The number of anilines is 1. The van der Waals surface area contributed by atoms with Crippen LogP contribution in [-0.4, -0.2) is 62.7 Å². The topological polar surface area (TPSA) is 106 Å². The lowest BCUT2D eigenvalue weighted by Gasteiger charge is -2.26. The van der Waals surface area contributed by atoms with E-state index in [9.17, 15) is 9.59 Å². The maximum absolute atomic E-state index is 12.3. The van der Waals surface area contributed by atoms with E-state index < -0.39 is 0 Å². The number of urea groups is 1. The number of hydrogen-bond donors (Lipinski definition) is 2. The molecule has 2 N–H and O–H groups in total. The molecule has 1 aromatic carbocycles. The Morgan fingerprint density at radius 3 is 2.69 bits per heavy atom. The van der Waals surface area contributed by atoms with Gasteiger partial charge in [0.05, 0.1) is 25.5 Å². The molecule has 0 unspecified atom stereocenters. The van der Waals surface area contributed by atoms with Gasteiger partial charge in [-0.05, 0) is 18.1 Å². The Kier molecular flexibility index (Phi) is 7.13. The highest BCUT2D eigenvalue weighted by Gasteiger charge is 2.17. The first-order chi connectivity index (χ1) is 15.7. The van der Waals surface area contributed by atoms with Crippen molar-refractivity contribution in [2.24, 2.45) is 0 Å². The van der Waals surface area contributed by atoms with Crippen LogP contribution in [0.1, 0.15) is 11.3 Å². The van der Waals surface area contributed by atoms with Crippen LogP contribution in [0, 0.1) is 0 Å². The number of hydrogen-bond acceptors (Lipinski definition) is 5. The third kappa shape index (κ3) is 5.94. The van der Waals surface area contributed by atoms with Gasteiger partial charge in [0.1, 0.15) is 6.54 Å². The number of nitrogens with one attached hydrogen (secondary N) is 2. The molecule has 3 heterocycles. The number of rotatable bonds is 8. The minimum absolute atomic E-state index is 0.0174. The van der Waals surface area contributed by atoms with Crippen LogP contribution in [0.4, 0.5) is 10.6 Å². The number of nitrogens with zero attached hydrogens (tertiary/aromatic N) is 5. The minimum atomic E-state index is -0.370. The molecule has 1 saturated heterocycles. The number of amides is 3. The van der Waals surface area contributed by atoms with Crippen molar-refractivity contribution in [3.63, 3.8) is 0 Å². The van der Waals surface area contributed by atoms with Crippen LogP contribution in [-0.2, 0) is 35.6 Å². The van der Waals surface area contributed by atoms with E-state index in [0.717, 1.165) is 18.7 Å². The van der Waals surface area contributed by atoms with Crippen molar-refractivity contribution in [3.05, 3.63) is 66.1 Å². The predicted molar refractivity (Wildman–Crippen MR) is 118 cm³/mol. The SMILES string of the molecule is O=C(NCc1ccnn1CCc1ccccc1)Nc1ccn(CC(=O)N2CCOCC2)n1. The van der Waals surface area contributed by atoms with Gasteiger partial charge in [-0.3, -0.25) is 19.5 Å². The first-order valence-corrected chi connectivity index (χ1v) is 10.7. The summed E-state index contributed by atoms with van der Waals surface area (Å²) in [5, 5.41) is 14.1. The van der Waals surface area contributed by atoms with Gasteiger partial charge in [-0.25, -0.2) is 4.79 Å². The lowest BCUT2D eigenvalue weighted by atomic mass is 10.1. The van der Waals surface area contributed by atoms with Gasteiger partial charge in [-0.2, -0.15) is 10.2 Å². The molecule has 1 fully saturated rings. The van der Waals surface area contributed by atoms with E-state index in [-0.39, 0.29) is 18.5 Å². The number of aromatic nitrogens is 4. The molecule has 1 aliphatic rings. The van der Waals surface area contributed by atoms with E-state index >= 15 is 0 Å². The smallest absolute Gasteiger partial charge is 0.320 e. The summed E-state index contributed by atoms with van der Waals surface area (Å²) in [7, 11) is 0. The third-order valence-electron chi connectivity index (χ3n) is 5.23. The van der Waals surface area contributed by atoms with Crippen molar-refractivity contribution in [1.29, 1.82) is 0 Å². The van der Waals surface area contributed by atoms with E-state index in [4.69, 9.17) is 4.74 Å². The van der Waals surface area contributed by atoms with Gasteiger partial charge in [-0.1, -0.05) is 30.3 Å². The van der Waals surface area contributed by atoms with E-state index in [2.05, 4.69) is 33.0 Å². The second kappa shape index (κ2) is 10.6. The Labute approximate surface area is 186 Å². The Hall–Kier alpha value is -3.66. The maximum atomic E-state index is 12.3. The molecular formula is C22H27N7O3. The lowest BCUT2D eigenvalue weighted by molar-refractivity contribution is -0.136. The second-order valence-corrected chi connectivity index (χ2v) is 7.48. The largest absolute Gasteiger partial charge is 0.378 e. The van der Waals surface area contributed by atoms with Crippen molar-refractivity contribution in [2.75, 3.05) is 31.6 Å². The Morgan fingerprint density at radius 2 is 1.88 bits per heavy atom. The van der Waals surface area contributed by atoms with Gasteiger partial charge in [0.2, 0.25) is 5.91 Å². The molecule has 3 aromatic rings. The van der Waals surface area contributed by atoms with Crippen LogP contribution in [0.3, 0.4) is 0 Å². The maximum Gasteiger partial charge on any atom is 0.320 e. The van der Waals surface area contributed by atoms with Gasteiger partial charge in [-0.15, -0.1) is 0 Å². The van der Waals surface area contributed by atoms with E-state index in [1.54, 1.807) is 23.4 Å². The quantitative estimate of drug-likeness (QED) is 0.556. The van der Waals surface area contributed by atoms with Crippen LogP contribution in [0.5, 0.6) is 0 Å². The molecule has 1 aliphatic heterocycles. The molecule has 2 aromatic heterocycles. The molecule has 0 saturated carbocycles. The number of carbonyl (C=O) groups excluding carboxylic acids is 2. The normalized spacial score (nSPS) is 13.7. The second-order valence-electron chi connectivity index (χ2n) is 7.48. The van der Waals surface area contributed by atoms with Crippen LogP contribution in [0.25, 0.3) is 0 Å². The molecule has 10 nitrogen and oxygen atoms in total. The molecule has 0 radical (unpaired) electrons. The van der Waals surface area contributed by atoms with E-state index in [1.807, 2.05) is 28.9 Å². The average Bonchev–Trinajstić information content (AvgIpc) is 3.46. The Balaban J connectivity index is 1.23. The summed E-state index contributed by atoms with van der Waals surface area (Å²) in [5.41, 5.74) is 2.15. The van der Waals surface area contributed by atoms with Gasteiger partial charge in [0.15, 0.2) is 5.82 Å². The standard InChI is InChI=1S/C22H27N7O3/c30-21(27-12-14-32-15-13-27)17-28-10-8-20(26-28)25-22(31)23-16-19-6-9-24-29(19)11-7-18-4-2-1-3-5-18/h1-6,8-10H,7,11-17H2,(H2,23,25,26,31). The fourth-order valence-electron chi connectivity index (χ4n) is 3.49. The number of ether oxygens (including phenoxy) is 1. The molecule has 3 amide bonds. The molecule has 168 valence electrons. The van der Waals surface area contributed by atoms with Gasteiger partial charge in [0.25, 0.3) is 0 Å². The summed E-state index contributed by atoms with van der Waals surface area (Å²) < 4.78 is 8.67. The fourth-order valence-corrected chi connectivity index (χ4v) is 3.49. The average molecular weight is 438 g/mol. The van der Waals surface area contributed by atoms with Crippen LogP contribution in [0.2, 0.25) is 0 Å². The van der Waals surface area contributed by atoms with Crippen molar-refractivity contribution in [1.82, 2.24) is 29.8 Å². The van der Waals surface area contributed by atoms with Gasteiger partial charge >= 0.3 is 6.03 Å². The highest BCUT2D eigenvalue weighted by Crippen LogP contribution is 2.06. The monoisotopic (exact) mass is 437 g/mol. The molecule has 0 aliphatic carbocycles.